The summed E-state index contributed by atoms with van der Waals surface area (Å²) in [5.74, 6) is -2.40. The molecule has 1 saturated heterocycles. The molecule has 0 spiro atoms. The first-order valence-corrected chi connectivity index (χ1v) is 5.58. The van der Waals surface area contributed by atoms with Crippen LogP contribution in [0, 0.1) is 0 Å². The molecule has 1 fully saturated rings. The minimum absolute atomic E-state index is 0.283. The van der Waals surface area contributed by atoms with Crippen LogP contribution in [-0.4, -0.2) is 59.7 Å². The van der Waals surface area contributed by atoms with Crippen LogP contribution in [0.2, 0.25) is 0 Å². The normalized spacial score (nSPS) is 25.7. The molecule has 0 aromatic heterocycles. The van der Waals surface area contributed by atoms with E-state index in [1.807, 2.05) is 0 Å². The van der Waals surface area contributed by atoms with Gasteiger partial charge in [0.05, 0.1) is 11.5 Å². The maximum atomic E-state index is 11.1. The summed E-state index contributed by atoms with van der Waals surface area (Å²) in [7, 11) is -3.43. The molecule has 1 aliphatic rings. The molecule has 2 N–H and O–H groups in total. The molecule has 0 aliphatic carbocycles. The molecule has 1 atom stereocenters. The Morgan fingerprint density at radius 3 is 2.29 bits per heavy atom. The maximum absolute atomic E-state index is 11.1. The molecule has 0 radical (unpaired) electrons. The molecule has 1 amide bonds. The Kier molecular flexibility index (Phi) is 2.65. The van der Waals surface area contributed by atoms with Crippen LogP contribution in [0.15, 0.2) is 0 Å². The molecule has 80 valence electrons. The van der Waals surface area contributed by atoms with Crippen LogP contribution in [0.25, 0.3) is 0 Å². The number of amides is 1. The van der Waals surface area contributed by atoms with Crippen molar-refractivity contribution in [1.29, 1.82) is 0 Å². The van der Waals surface area contributed by atoms with Crippen molar-refractivity contribution in [2.24, 2.45) is 0 Å². The van der Waals surface area contributed by atoms with Gasteiger partial charge in [-0.15, -0.1) is 0 Å². The summed E-state index contributed by atoms with van der Waals surface area (Å²) in [6, 6.07) is -1.48. The zero-order chi connectivity index (χ0) is 10.9. The van der Waals surface area contributed by atoms with Crippen molar-refractivity contribution in [3.05, 3.63) is 0 Å². The number of carboxylic acids is 1. The molecule has 1 aliphatic heterocycles. The van der Waals surface area contributed by atoms with Crippen LogP contribution in [0.4, 0.5) is 4.79 Å². The Hall–Kier alpha value is -1.31. The third-order valence-electron chi connectivity index (χ3n) is 1.96. The van der Waals surface area contributed by atoms with Gasteiger partial charge in [0.15, 0.2) is 9.84 Å². The van der Waals surface area contributed by atoms with Gasteiger partial charge in [0.1, 0.15) is 6.04 Å². The van der Waals surface area contributed by atoms with E-state index < -0.39 is 33.7 Å². The fraction of sp³-hybridized carbons (Fsp3) is 0.667. The highest BCUT2D eigenvalue weighted by Gasteiger charge is 2.38. The lowest BCUT2D eigenvalue weighted by atomic mass is 10.3. The summed E-state index contributed by atoms with van der Waals surface area (Å²) < 4.78 is 22.1. The van der Waals surface area contributed by atoms with Gasteiger partial charge in [0, 0.05) is 6.54 Å². The summed E-state index contributed by atoms with van der Waals surface area (Å²) in [5.41, 5.74) is 0. The van der Waals surface area contributed by atoms with Crippen molar-refractivity contribution in [2.75, 3.05) is 18.1 Å². The van der Waals surface area contributed by atoms with Crippen molar-refractivity contribution in [2.45, 2.75) is 6.04 Å². The van der Waals surface area contributed by atoms with Crippen LogP contribution in [0.5, 0.6) is 0 Å². The van der Waals surface area contributed by atoms with E-state index in [4.69, 9.17) is 10.2 Å². The molecular weight excluding hydrogens is 214 g/mol. The summed E-state index contributed by atoms with van der Waals surface area (Å²) in [6.45, 7) is -0.283. The fourth-order valence-electron chi connectivity index (χ4n) is 1.24. The second-order valence-electron chi connectivity index (χ2n) is 2.94. The van der Waals surface area contributed by atoms with E-state index in [0.29, 0.717) is 4.90 Å². The highest BCUT2D eigenvalue weighted by atomic mass is 32.2. The number of hydrogen-bond acceptors (Lipinski definition) is 4. The molecule has 14 heavy (non-hydrogen) atoms. The number of nitrogens with zero attached hydrogens (tertiary/aromatic N) is 1. The van der Waals surface area contributed by atoms with Gasteiger partial charge in [0.25, 0.3) is 0 Å². The molecule has 8 heteroatoms. The smallest absolute Gasteiger partial charge is 0.408 e. The molecule has 0 saturated carbocycles. The van der Waals surface area contributed by atoms with Crippen LogP contribution in [0.3, 0.4) is 0 Å². The lowest BCUT2D eigenvalue weighted by Gasteiger charge is -2.29. The lowest BCUT2D eigenvalue weighted by Crippen LogP contribution is -2.54. The number of hydrogen-bond donors (Lipinski definition) is 2. The third kappa shape index (κ3) is 2.13. The minimum atomic E-state index is -3.43. The van der Waals surface area contributed by atoms with Gasteiger partial charge in [-0.25, -0.2) is 18.0 Å². The molecule has 0 aromatic carbocycles. The third-order valence-corrected chi connectivity index (χ3v) is 3.59. The van der Waals surface area contributed by atoms with E-state index in [9.17, 15) is 18.0 Å². The van der Waals surface area contributed by atoms with Crippen LogP contribution < -0.4 is 0 Å². The molecule has 1 rings (SSSR count). The Morgan fingerprint density at radius 1 is 1.29 bits per heavy atom. The largest absolute Gasteiger partial charge is 0.480 e. The van der Waals surface area contributed by atoms with E-state index in [1.54, 1.807) is 0 Å². The Bertz CT molecular complexity index is 361. The van der Waals surface area contributed by atoms with E-state index in [1.165, 1.54) is 0 Å². The minimum Gasteiger partial charge on any atom is -0.480 e. The summed E-state index contributed by atoms with van der Waals surface area (Å²) in [4.78, 5) is 21.8. The number of carboxylic acid groups (broad SMARTS) is 2. The van der Waals surface area contributed by atoms with Gasteiger partial charge < -0.3 is 10.2 Å². The summed E-state index contributed by atoms with van der Waals surface area (Å²) in [5, 5.41) is 17.2. The monoisotopic (exact) mass is 223 g/mol. The highest BCUT2D eigenvalue weighted by molar-refractivity contribution is 7.91. The topological polar surface area (TPSA) is 112 Å². The lowest BCUT2D eigenvalue weighted by molar-refractivity contribution is -0.141. The van der Waals surface area contributed by atoms with E-state index >= 15 is 0 Å². The van der Waals surface area contributed by atoms with Gasteiger partial charge >= 0.3 is 12.1 Å². The standard InChI is InChI=1S/C6H9NO6S/c8-5(9)4-3-14(12,13)2-1-7(4)6(10)11/h4H,1-3H2,(H,8,9)(H,10,11). The zero-order valence-electron chi connectivity index (χ0n) is 7.08. The van der Waals surface area contributed by atoms with Gasteiger partial charge in [-0.3, -0.25) is 4.90 Å². The first kappa shape index (κ1) is 10.8. The molecular formula is C6H9NO6S. The Balaban J connectivity index is 2.92. The molecule has 1 heterocycles. The van der Waals surface area contributed by atoms with Crippen LogP contribution in [0.1, 0.15) is 0 Å². The molecule has 7 nitrogen and oxygen atoms in total. The number of aliphatic carboxylic acids is 1. The van der Waals surface area contributed by atoms with E-state index in [2.05, 4.69) is 0 Å². The molecule has 0 aromatic rings. The number of rotatable bonds is 1. The van der Waals surface area contributed by atoms with Crippen molar-refractivity contribution in [3.8, 4) is 0 Å². The predicted octanol–water partition coefficient (Wildman–Crippen LogP) is -1.15. The van der Waals surface area contributed by atoms with Crippen LogP contribution >= 0.6 is 0 Å². The maximum Gasteiger partial charge on any atom is 0.408 e. The van der Waals surface area contributed by atoms with Crippen molar-refractivity contribution in [1.82, 2.24) is 4.90 Å². The Morgan fingerprint density at radius 2 is 1.86 bits per heavy atom. The average Bonchev–Trinajstić information content (AvgIpc) is 2.01. The van der Waals surface area contributed by atoms with Crippen LogP contribution in [-0.2, 0) is 14.6 Å². The van der Waals surface area contributed by atoms with Gasteiger partial charge in [-0.05, 0) is 0 Å². The zero-order valence-corrected chi connectivity index (χ0v) is 7.90. The van der Waals surface area contributed by atoms with Gasteiger partial charge in [-0.1, -0.05) is 0 Å². The molecule has 0 bridgehead atoms. The first-order chi connectivity index (χ1) is 6.33. The van der Waals surface area contributed by atoms with Gasteiger partial charge in [-0.2, -0.15) is 0 Å². The van der Waals surface area contributed by atoms with Crippen molar-refractivity contribution in [3.63, 3.8) is 0 Å². The average molecular weight is 223 g/mol. The summed E-state index contributed by atoms with van der Waals surface area (Å²) in [6.07, 6.45) is -1.41. The fourth-order valence-corrected chi connectivity index (χ4v) is 2.69. The number of carbonyl (C=O) groups is 2. The first-order valence-electron chi connectivity index (χ1n) is 3.76. The highest BCUT2D eigenvalue weighted by Crippen LogP contribution is 2.12. The predicted molar refractivity (Wildman–Crippen MR) is 44.8 cm³/mol. The van der Waals surface area contributed by atoms with E-state index in [0.717, 1.165) is 0 Å². The quantitative estimate of drug-likeness (QED) is 0.580. The Labute approximate surface area is 79.9 Å². The van der Waals surface area contributed by atoms with Crippen molar-refractivity contribution >= 4 is 21.9 Å². The number of sulfone groups is 1. The second-order valence-corrected chi connectivity index (χ2v) is 5.17. The summed E-state index contributed by atoms with van der Waals surface area (Å²) >= 11 is 0. The van der Waals surface area contributed by atoms with Gasteiger partial charge in [0.2, 0.25) is 0 Å². The molecule has 1 unspecified atom stereocenters. The van der Waals surface area contributed by atoms with Crippen molar-refractivity contribution < 1.29 is 28.2 Å². The second kappa shape index (κ2) is 3.45. The van der Waals surface area contributed by atoms with E-state index in [-0.39, 0.29) is 12.3 Å². The SMILES string of the molecule is O=C(O)C1CS(=O)(=O)CCN1C(=O)O.